The summed E-state index contributed by atoms with van der Waals surface area (Å²) in [5.41, 5.74) is 1.23. The average molecular weight is 227 g/mol. The van der Waals surface area contributed by atoms with Gasteiger partial charge in [0.25, 0.3) is 0 Å². The smallest absolute Gasteiger partial charge is 0.138 e. The molecule has 2 nitrogen and oxygen atoms in total. The third-order valence-electron chi connectivity index (χ3n) is 2.59. The number of hydrogen-bond donors (Lipinski definition) is 0. The van der Waals surface area contributed by atoms with Crippen molar-refractivity contribution in [3.63, 3.8) is 0 Å². The van der Waals surface area contributed by atoms with Crippen LogP contribution in [0, 0.1) is 0 Å². The topological polar surface area (TPSA) is 18.5 Å². The van der Waals surface area contributed by atoms with Crippen LogP contribution in [0.15, 0.2) is 18.2 Å². The highest BCUT2D eigenvalue weighted by molar-refractivity contribution is 6.32. The molecule has 2 rings (SSSR count). The SMILES string of the molecule is CCc1ccc(OC2CCOC2)c(Cl)c1. The Hall–Kier alpha value is -0.730. The van der Waals surface area contributed by atoms with E-state index in [4.69, 9.17) is 21.1 Å². The first-order valence-electron chi connectivity index (χ1n) is 5.32. The summed E-state index contributed by atoms with van der Waals surface area (Å²) < 4.78 is 11.0. The molecule has 0 spiro atoms. The Morgan fingerprint density at radius 1 is 1.53 bits per heavy atom. The van der Waals surface area contributed by atoms with E-state index in [0.717, 1.165) is 25.2 Å². The standard InChI is InChI=1S/C12H15ClO2/c1-2-9-3-4-12(11(13)7-9)15-10-5-6-14-8-10/h3-4,7,10H,2,5-6,8H2,1H3. The van der Waals surface area contributed by atoms with Gasteiger partial charge in [-0.1, -0.05) is 24.6 Å². The van der Waals surface area contributed by atoms with Gasteiger partial charge in [-0.25, -0.2) is 0 Å². The zero-order valence-corrected chi connectivity index (χ0v) is 9.59. The summed E-state index contributed by atoms with van der Waals surface area (Å²) in [6.45, 7) is 3.57. The van der Waals surface area contributed by atoms with Crippen LogP contribution in [0.3, 0.4) is 0 Å². The fourth-order valence-electron chi connectivity index (χ4n) is 1.65. The summed E-state index contributed by atoms with van der Waals surface area (Å²) in [4.78, 5) is 0. The third-order valence-corrected chi connectivity index (χ3v) is 2.88. The Bertz CT molecular complexity index is 332. The largest absolute Gasteiger partial charge is 0.486 e. The maximum atomic E-state index is 6.12. The average Bonchev–Trinajstić information content (AvgIpc) is 2.74. The first-order chi connectivity index (χ1) is 7.29. The van der Waals surface area contributed by atoms with Crippen molar-refractivity contribution in [1.82, 2.24) is 0 Å². The lowest BCUT2D eigenvalue weighted by atomic mass is 10.2. The zero-order chi connectivity index (χ0) is 10.7. The molecule has 15 heavy (non-hydrogen) atoms. The maximum Gasteiger partial charge on any atom is 0.138 e. The third kappa shape index (κ3) is 2.64. The molecule has 82 valence electrons. The predicted molar refractivity (Wildman–Crippen MR) is 60.7 cm³/mol. The normalized spacial score (nSPS) is 20.5. The minimum absolute atomic E-state index is 0.162. The van der Waals surface area contributed by atoms with Crippen molar-refractivity contribution < 1.29 is 9.47 Å². The predicted octanol–water partition coefficient (Wildman–Crippen LogP) is 3.07. The fourth-order valence-corrected chi connectivity index (χ4v) is 1.89. The van der Waals surface area contributed by atoms with E-state index in [1.807, 2.05) is 12.1 Å². The van der Waals surface area contributed by atoms with Gasteiger partial charge in [0.2, 0.25) is 0 Å². The second kappa shape index (κ2) is 4.86. The van der Waals surface area contributed by atoms with Gasteiger partial charge in [-0.2, -0.15) is 0 Å². The quantitative estimate of drug-likeness (QED) is 0.789. The van der Waals surface area contributed by atoms with Gasteiger partial charge < -0.3 is 9.47 Å². The van der Waals surface area contributed by atoms with Crippen molar-refractivity contribution in [3.8, 4) is 5.75 Å². The number of aryl methyl sites for hydroxylation is 1. The molecule has 1 aromatic carbocycles. The Labute approximate surface area is 95.1 Å². The van der Waals surface area contributed by atoms with Crippen molar-refractivity contribution in [2.45, 2.75) is 25.9 Å². The van der Waals surface area contributed by atoms with Crippen LogP contribution in [-0.4, -0.2) is 19.3 Å². The zero-order valence-electron chi connectivity index (χ0n) is 8.83. The first-order valence-corrected chi connectivity index (χ1v) is 5.70. The summed E-state index contributed by atoms with van der Waals surface area (Å²) >= 11 is 6.12. The molecule has 1 fully saturated rings. The molecule has 1 atom stereocenters. The molecular weight excluding hydrogens is 212 g/mol. The second-order valence-corrected chi connectivity index (χ2v) is 4.13. The first kappa shape index (κ1) is 10.8. The van der Waals surface area contributed by atoms with E-state index in [9.17, 15) is 0 Å². The molecule has 1 heterocycles. The van der Waals surface area contributed by atoms with E-state index in [1.165, 1.54) is 5.56 Å². The minimum Gasteiger partial charge on any atom is -0.486 e. The number of halogens is 1. The molecule has 3 heteroatoms. The lowest BCUT2D eigenvalue weighted by Gasteiger charge is -2.13. The Morgan fingerprint density at radius 2 is 2.40 bits per heavy atom. The molecule has 1 unspecified atom stereocenters. The molecule has 0 aliphatic carbocycles. The molecule has 1 aromatic rings. The van der Waals surface area contributed by atoms with Crippen LogP contribution in [0.5, 0.6) is 5.75 Å². The Balaban J connectivity index is 2.07. The van der Waals surface area contributed by atoms with Crippen molar-refractivity contribution in [3.05, 3.63) is 28.8 Å². The van der Waals surface area contributed by atoms with Crippen molar-refractivity contribution in [2.24, 2.45) is 0 Å². The van der Waals surface area contributed by atoms with Gasteiger partial charge in [-0.05, 0) is 24.1 Å². The van der Waals surface area contributed by atoms with Crippen LogP contribution < -0.4 is 4.74 Å². The van der Waals surface area contributed by atoms with Gasteiger partial charge in [-0.3, -0.25) is 0 Å². The number of hydrogen-bond acceptors (Lipinski definition) is 2. The van der Waals surface area contributed by atoms with Gasteiger partial charge in [0.1, 0.15) is 11.9 Å². The highest BCUT2D eigenvalue weighted by atomic mass is 35.5. The molecule has 1 aliphatic rings. The van der Waals surface area contributed by atoms with Crippen LogP contribution in [0.4, 0.5) is 0 Å². The number of ether oxygens (including phenoxy) is 2. The molecule has 0 aromatic heterocycles. The molecule has 0 radical (unpaired) electrons. The molecule has 0 N–H and O–H groups in total. The van der Waals surface area contributed by atoms with Crippen LogP contribution in [0.25, 0.3) is 0 Å². The van der Waals surface area contributed by atoms with Gasteiger partial charge >= 0.3 is 0 Å². The summed E-state index contributed by atoms with van der Waals surface area (Å²) in [6, 6.07) is 5.96. The Kier molecular flexibility index (Phi) is 3.49. The summed E-state index contributed by atoms with van der Waals surface area (Å²) in [6.07, 6.45) is 2.10. The van der Waals surface area contributed by atoms with Gasteiger partial charge in [0.15, 0.2) is 0 Å². The van der Waals surface area contributed by atoms with Crippen LogP contribution in [0.2, 0.25) is 5.02 Å². The minimum atomic E-state index is 0.162. The summed E-state index contributed by atoms with van der Waals surface area (Å²) in [5, 5.41) is 0.696. The van der Waals surface area contributed by atoms with Gasteiger partial charge in [0.05, 0.1) is 18.2 Å². The van der Waals surface area contributed by atoms with E-state index in [2.05, 4.69) is 13.0 Å². The molecule has 0 bridgehead atoms. The van der Waals surface area contributed by atoms with Crippen LogP contribution in [-0.2, 0) is 11.2 Å². The monoisotopic (exact) mass is 226 g/mol. The molecule has 0 saturated carbocycles. The van der Waals surface area contributed by atoms with Crippen molar-refractivity contribution in [1.29, 1.82) is 0 Å². The maximum absolute atomic E-state index is 6.12. The Morgan fingerprint density at radius 3 is 3.00 bits per heavy atom. The van der Waals surface area contributed by atoms with E-state index in [-0.39, 0.29) is 6.10 Å². The van der Waals surface area contributed by atoms with Crippen LogP contribution >= 0.6 is 11.6 Å². The van der Waals surface area contributed by atoms with Crippen LogP contribution in [0.1, 0.15) is 18.9 Å². The van der Waals surface area contributed by atoms with Gasteiger partial charge in [0, 0.05) is 6.42 Å². The molecular formula is C12H15ClO2. The van der Waals surface area contributed by atoms with Gasteiger partial charge in [-0.15, -0.1) is 0 Å². The summed E-state index contributed by atoms with van der Waals surface area (Å²) in [7, 11) is 0. The summed E-state index contributed by atoms with van der Waals surface area (Å²) in [5.74, 6) is 0.768. The highest BCUT2D eigenvalue weighted by Crippen LogP contribution is 2.27. The van der Waals surface area contributed by atoms with E-state index < -0.39 is 0 Å². The second-order valence-electron chi connectivity index (χ2n) is 3.72. The van der Waals surface area contributed by atoms with E-state index in [0.29, 0.717) is 11.6 Å². The number of rotatable bonds is 3. The molecule has 1 aliphatic heterocycles. The number of benzene rings is 1. The molecule has 0 amide bonds. The van der Waals surface area contributed by atoms with E-state index >= 15 is 0 Å². The highest BCUT2D eigenvalue weighted by Gasteiger charge is 2.18. The van der Waals surface area contributed by atoms with E-state index in [1.54, 1.807) is 0 Å². The lowest BCUT2D eigenvalue weighted by molar-refractivity contribution is 0.141. The molecule has 1 saturated heterocycles. The van der Waals surface area contributed by atoms with Crippen molar-refractivity contribution in [2.75, 3.05) is 13.2 Å². The fraction of sp³-hybridized carbons (Fsp3) is 0.500. The van der Waals surface area contributed by atoms with Crippen molar-refractivity contribution >= 4 is 11.6 Å². The lowest BCUT2D eigenvalue weighted by Crippen LogP contribution is -2.15.